The van der Waals surface area contributed by atoms with Gasteiger partial charge >= 0.3 is 0 Å². The van der Waals surface area contributed by atoms with Crippen molar-refractivity contribution in [1.29, 1.82) is 0 Å². The van der Waals surface area contributed by atoms with Crippen LogP contribution < -0.4 is 0 Å². The lowest BCUT2D eigenvalue weighted by atomic mass is 10.0. The smallest absolute Gasteiger partial charge is 0.254 e. The summed E-state index contributed by atoms with van der Waals surface area (Å²) in [7, 11) is 0. The Balaban J connectivity index is 2.21. The van der Waals surface area contributed by atoms with Crippen LogP contribution in [-0.2, 0) is 0 Å². The lowest BCUT2D eigenvalue weighted by Gasteiger charge is -2.27. The first-order chi connectivity index (χ1) is 9.74. The van der Waals surface area contributed by atoms with Gasteiger partial charge in [-0.1, -0.05) is 17.9 Å². The molecular weight excluding hydrogens is 270 g/mol. The molecule has 1 aliphatic rings. The summed E-state index contributed by atoms with van der Waals surface area (Å²) in [6.07, 6.45) is 0.459. The van der Waals surface area contributed by atoms with Gasteiger partial charge in [-0.05, 0) is 24.6 Å². The van der Waals surface area contributed by atoms with Gasteiger partial charge in [0.2, 0.25) is 0 Å². The first-order valence-corrected chi connectivity index (χ1v) is 7.96. The van der Waals surface area contributed by atoms with Gasteiger partial charge in [0.15, 0.2) is 0 Å². The maximum atomic E-state index is 12.5. The van der Waals surface area contributed by atoms with Crippen molar-refractivity contribution in [3.63, 3.8) is 0 Å². The van der Waals surface area contributed by atoms with Crippen molar-refractivity contribution in [2.45, 2.75) is 13.3 Å². The number of rotatable bonds is 2. The summed E-state index contributed by atoms with van der Waals surface area (Å²) < 4.78 is 0. The highest BCUT2D eigenvalue weighted by Gasteiger charge is 2.20. The second-order valence-corrected chi connectivity index (χ2v) is 5.88. The topological polar surface area (TPSA) is 40.5 Å². The molecule has 0 unspecified atom stereocenters. The van der Waals surface area contributed by atoms with E-state index >= 15 is 0 Å². The number of carbonyl (C=O) groups excluding carboxylic acids is 1. The zero-order chi connectivity index (χ0) is 14.4. The van der Waals surface area contributed by atoms with Crippen molar-refractivity contribution in [3.8, 4) is 11.8 Å². The molecule has 0 spiro atoms. The minimum Gasteiger partial charge on any atom is -0.395 e. The van der Waals surface area contributed by atoms with Crippen LogP contribution in [0, 0.1) is 18.8 Å². The number of amides is 1. The molecule has 3 nitrogen and oxygen atoms in total. The van der Waals surface area contributed by atoms with Gasteiger partial charge in [0.05, 0.1) is 6.61 Å². The number of carbonyl (C=O) groups is 1. The third-order valence-electron chi connectivity index (χ3n) is 3.32. The van der Waals surface area contributed by atoms with E-state index in [0.717, 1.165) is 41.3 Å². The van der Waals surface area contributed by atoms with Crippen molar-refractivity contribution in [1.82, 2.24) is 4.90 Å². The van der Waals surface area contributed by atoms with Crippen molar-refractivity contribution in [2.75, 3.05) is 31.2 Å². The standard InChI is InChI=1S/C16H19NO2S/c1-13-14(5-2-3-10-18)6-4-7-15(13)16(19)17-8-11-20-12-9-17/h4,6-7,18H,3,8-12H2,1H3. The van der Waals surface area contributed by atoms with E-state index in [0.29, 0.717) is 6.42 Å². The fourth-order valence-corrected chi connectivity index (χ4v) is 3.06. The average Bonchev–Trinajstić information content (AvgIpc) is 2.49. The number of nitrogens with zero attached hydrogens (tertiary/aromatic N) is 1. The molecule has 4 heteroatoms. The van der Waals surface area contributed by atoms with Gasteiger partial charge in [0.25, 0.3) is 5.91 Å². The number of thioether (sulfide) groups is 1. The van der Waals surface area contributed by atoms with Crippen LogP contribution in [0.2, 0.25) is 0 Å². The highest BCUT2D eigenvalue weighted by atomic mass is 32.2. The lowest BCUT2D eigenvalue weighted by Crippen LogP contribution is -2.38. The Kier molecular flexibility index (Phi) is 5.51. The molecule has 20 heavy (non-hydrogen) atoms. The van der Waals surface area contributed by atoms with E-state index in [4.69, 9.17) is 5.11 Å². The summed E-state index contributed by atoms with van der Waals surface area (Å²) in [5.41, 5.74) is 2.55. The number of aliphatic hydroxyl groups is 1. The Hall–Kier alpha value is -1.44. The average molecular weight is 289 g/mol. The van der Waals surface area contributed by atoms with Crippen LogP contribution in [0.25, 0.3) is 0 Å². The Morgan fingerprint density at radius 2 is 2.15 bits per heavy atom. The van der Waals surface area contributed by atoms with Crippen molar-refractivity contribution in [2.24, 2.45) is 0 Å². The molecule has 1 aromatic rings. The van der Waals surface area contributed by atoms with E-state index in [1.807, 2.05) is 41.8 Å². The van der Waals surface area contributed by atoms with E-state index < -0.39 is 0 Å². The molecule has 1 aromatic carbocycles. The molecule has 1 amide bonds. The third kappa shape index (κ3) is 3.56. The van der Waals surface area contributed by atoms with E-state index in [1.165, 1.54) is 0 Å². The molecule has 0 aliphatic carbocycles. The van der Waals surface area contributed by atoms with Crippen LogP contribution in [-0.4, -0.2) is 47.1 Å². The van der Waals surface area contributed by atoms with Gasteiger partial charge in [-0.2, -0.15) is 11.8 Å². The monoisotopic (exact) mass is 289 g/mol. The molecule has 0 saturated carbocycles. The number of hydrogen-bond acceptors (Lipinski definition) is 3. The summed E-state index contributed by atoms with van der Waals surface area (Å²) in [5, 5.41) is 8.76. The molecule has 0 radical (unpaired) electrons. The van der Waals surface area contributed by atoms with Crippen molar-refractivity contribution < 1.29 is 9.90 Å². The first kappa shape index (κ1) is 15.0. The zero-order valence-corrected chi connectivity index (χ0v) is 12.5. The van der Waals surface area contributed by atoms with Gasteiger partial charge < -0.3 is 10.0 Å². The van der Waals surface area contributed by atoms with Gasteiger partial charge in [0.1, 0.15) is 0 Å². The summed E-state index contributed by atoms with van der Waals surface area (Å²) in [5.74, 6) is 8.07. The van der Waals surface area contributed by atoms with Crippen LogP contribution in [0.1, 0.15) is 27.9 Å². The molecule has 0 bridgehead atoms. The fourth-order valence-electron chi connectivity index (χ4n) is 2.15. The number of benzene rings is 1. The van der Waals surface area contributed by atoms with E-state index in [9.17, 15) is 4.79 Å². The largest absolute Gasteiger partial charge is 0.395 e. The Labute approximate surface area is 124 Å². The molecule has 2 rings (SSSR count). The maximum absolute atomic E-state index is 12.5. The van der Waals surface area contributed by atoms with Gasteiger partial charge in [-0.25, -0.2) is 0 Å². The van der Waals surface area contributed by atoms with Crippen LogP contribution in [0.4, 0.5) is 0 Å². The summed E-state index contributed by atoms with van der Waals surface area (Å²) in [6, 6.07) is 5.67. The predicted octanol–water partition coefficient (Wildman–Crippen LogP) is 1.92. The summed E-state index contributed by atoms with van der Waals surface area (Å²) in [4.78, 5) is 14.5. The molecular formula is C16H19NO2S. The van der Waals surface area contributed by atoms with Gasteiger partial charge in [-0.15, -0.1) is 0 Å². The summed E-state index contributed by atoms with van der Waals surface area (Å²) in [6.45, 7) is 3.65. The molecule has 1 fully saturated rings. The molecule has 1 N–H and O–H groups in total. The zero-order valence-electron chi connectivity index (χ0n) is 11.7. The second kappa shape index (κ2) is 7.37. The molecule has 1 saturated heterocycles. The minimum absolute atomic E-state index is 0.0656. The summed E-state index contributed by atoms with van der Waals surface area (Å²) >= 11 is 1.89. The van der Waals surface area contributed by atoms with Crippen LogP contribution >= 0.6 is 11.8 Å². The van der Waals surface area contributed by atoms with Gasteiger partial charge in [0, 0.05) is 42.1 Å². The van der Waals surface area contributed by atoms with E-state index in [2.05, 4.69) is 11.8 Å². The van der Waals surface area contributed by atoms with Crippen molar-refractivity contribution >= 4 is 17.7 Å². The number of hydrogen-bond donors (Lipinski definition) is 1. The molecule has 1 heterocycles. The van der Waals surface area contributed by atoms with Gasteiger partial charge in [-0.3, -0.25) is 4.79 Å². The van der Waals surface area contributed by atoms with E-state index in [1.54, 1.807) is 0 Å². The molecule has 106 valence electrons. The Morgan fingerprint density at radius 1 is 1.40 bits per heavy atom. The lowest BCUT2D eigenvalue weighted by molar-refractivity contribution is 0.0771. The minimum atomic E-state index is 0.0656. The highest BCUT2D eigenvalue weighted by molar-refractivity contribution is 7.99. The first-order valence-electron chi connectivity index (χ1n) is 6.80. The third-order valence-corrected chi connectivity index (χ3v) is 4.26. The Bertz CT molecular complexity index is 539. The molecule has 0 aromatic heterocycles. The quantitative estimate of drug-likeness (QED) is 0.846. The van der Waals surface area contributed by atoms with Crippen LogP contribution in [0.5, 0.6) is 0 Å². The maximum Gasteiger partial charge on any atom is 0.254 e. The SMILES string of the molecule is Cc1c(C#CCCO)cccc1C(=O)N1CCSCC1. The molecule has 0 atom stereocenters. The van der Waals surface area contributed by atoms with E-state index in [-0.39, 0.29) is 12.5 Å². The van der Waals surface area contributed by atoms with Crippen molar-refractivity contribution in [3.05, 3.63) is 34.9 Å². The fraction of sp³-hybridized carbons (Fsp3) is 0.438. The second-order valence-electron chi connectivity index (χ2n) is 4.66. The Morgan fingerprint density at radius 3 is 2.85 bits per heavy atom. The predicted molar refractivity (Wildman–Crippen MR) is 83.0 cm³/mol. The number of aliphatic hydroxyl groups excluding tert-OH is 1. The van der Waals surface area contributed by atoms with Crippen LogP contribution in [0.3, 0.4) is 0 Å². The van der Waals surface area contributed by atoms with Crippen LogP contribution in [0.15, 0.2) is 18.2 Å². The normalized spacial score (nSPS) is 14.6. The highest BCUT2D eigenvalue weighted by Crippen LogP contribution is 2.18. The molecule has 1 aliphatic heterocycles.